The maximum atomic E-state index is 13.7. The topological polar surface area (TPSA) is 88.2 Å². The molecule has 35 heavy (non-hydrogen) atoms. The number of carbonyl (C=O) groups excluding carboxylic acids is 3. The number of rotatable bonds is 6. The molecule has 0 bridgehead atoms. The van der Waals surface area contributed by atoms with E-state index in [1.54, 1.807) is 41.2 Å². The second-order valence-corrected chi connectivity index (χ2v) is 8.77. The molecule has 4 rings (SSSR count). The Morgan fingerprint density at radius 1 is 1.03 bits per heavy atom. The zero-order valence-corrected chi connectivity index (χ0v) is 20.0. The first-order valence-corrected chi connectivity index (χ1v) is 11.8. The molecule has 0 radical (unpaired) electrons. The highest BCUT2D eigenvalue weighted by atomic mass is 19.1. The van der Waals surface area contributed by atoms with Gasteiger partial charge in [0.2, 0.25) is 5.91 Å². The molecule has 2 aromatic rings. The number of halogens is 1. The lowest BCUT2D eigenvalue weighted by atomic mass is 9.96. The molecule has 2 aromatic carbocycles. The summed E-state index contributed by atoms with van der Waals surface area (Å²) in [7, 11) is 1.55. The lowest BCUT2D eigenvalue weighted by Gasteiger charge is -2.44. The molecule has 2 aliphatic rings. The number of ether oxygens (including phenoxy) is 2. The van der Waals surface area contributed by atoms with Gasteiger partial charge in [-0.3, -0.25) is 19.3 Å². The Morgan fingerprint density at radius 3 is 2.23 bits per heavy atom. The Balaban J connectivity index is 1.56. The van der Waals surface area contributed by atoms with Crippen LogP contribution in [-0.2, 0) is 9.53 Å². The average Bonchev–Trinajstić information content (AvgIpc) is 3.25. The van der Waals surface area contributed by atoms with Gasteiger partial charge < -0.3 is 19.7 Å². The van der Waals surface area contributed by atoms with E-state index in [1.165, 1.54) is 24.3 Å². The van der Waals surface area contributed by atoms with Gasteiger partial charge in [-0.25, -0.2) is 4.39 Å². The lowest BCUT2D eigenvalue weighted by Crippen LogP contribution is -2.59. The molecule has 2 aliphatic heterocycles. The van der Waals surface area contributed by atoms with E-state index in [2.05, 4.69) is 5.32 Å². The van der Waals surface area contributed by atoms with E-state index in [0.29, 0.717) is 49.4 Å². The molecule has 1 N–H and O–H groups in total. The van der Waals surface area contributed by atoms with Crippen molar-refractivity contribution in [3.05, 3.63) is 65.5 Å². The summed E-state index contributed by atoms with van der Waals surface area (Å²) in [5.41, 5.74) is -0.170. The summed E-state index contributed by atoms with van der Waals surface area (Å²) in [4.78, 5) is 42.8. The Morgan fingerprint density at radius 2 is 1.63 bits per heavy atom. The van der Waals surface area contributed by atoms with E-state index in [0.717, 1.165) is 6.42 Å². The molecule has 3 amide bonds. The number of carbonyl (C=O) groups is 3. The van der Waals surface area contributed by atoms with Crippen molar-refractivity contribution in [2.45, 2.75) is 38.0 Å². The van der Waals surface area contributed by atoms with E-state index in [1.807, 2.05) is 6.92 Å². The van der Waals surface area contributed by atoms with Crippen LogP contribution in [0, 0.1) is 5.82 Å². The maximum Gasteiger partial charge on any atom is 0.256 e. The van der Waals surface area contributed by atoms with Gasteiger partial charge in [0, 0.05) is 43.6 Å². The summed E-state index contributed by atoms with van der Waals surface area (Å²) >= 11 is 0. The van der Waals surface area contributed by atoms with E-state index in [9.17, 15) is 18.8 Å². The Bertz CT molecular complexity index is 1070. The maximum absolute atomic E-state index is 13.7. The van der Waals surface area contributed by atoms with E-state index in [-0.39, 0.29) is 24.3 Å². The Hall–Kier alpha value is -3.46. The average molecular weight is 484 g/mol. The van der Waals surface area contributed by atoms with Gasteiger partial charge in [-0.15, -0.1) is 0 Å². The second-order valence-electron chi connectivity index (χ2n) is 8.77. The van der Waals surface area contributed by atoms with Gasteiger partial charge in [-0.05, 0) is 55.0 Å². The van der Waals surface area contributed by atoms with Crippen molar-refractivity contribution in [2.75, 3.05) is 33.4 Å². The van der Waals surface area contributed by atoms with Crippen molar-refractivity contribution >= 4 is 17.7 Å². The summed E-state index contributed by atoms with van der Waals surface area (Å²) in [5, 5.41) is 2.88. The lowest BCUT2D eigenvalue weighted by molar-refractivity contribution is -0.128. The number of nitrogens with one attached hydrogen (secondary N) is 1. The van der Waals surface area contributed by atoms with Crippen molar-refractivity contribution in [1.82, 2.24) is 15.1 Å². The quantitative estimate of drug-likeness (QED) is 0.683. The highest BCUT2D eigenvalue weighted by Crippen LogP contribution is 2.39. The number of nitrogens with zero attached hydrogens (tertiary/aromatic N) is 2. The van der Waals surface area contributed by atoms with Gasteiger partial charge in [0.25, 0.3) is 11.8 Å². The number of benzene rings is 2. The number of amides is 3. The molecule has 1 unspecified atom stereocenters. The summed E-state index contributed by atoms with van der Waals surface area (Å²) in [6, 6.07) is 11.4. The summed E-state index contributed by atoms with van der Waals surface area (Å²) in [5.74, 6) is -0.545. The summed E-state index contributed by atoms with van der Waals surface area (Å²) < 4.78 is 24.6. The smallest absolute Gasteiger partial charge is 0.256 e. The first-order chi connectivity index (χ1) is 16.9. The standard InChI is InChI=1S/C26H30FN3O5/c1-3-14-28-23(31)22-17-35-26(30(22)25(33)19-6-10-21(34-2)11-7-19)12-15-29(16-13-26)24(32)18-4-8-20(27)9-5-18/h4-11,22H,3,12-17H2,1-2H3,(H,28,31). The fourth-order valence-electron chi connectivity index (χ4n) is 4.64. The van der Waals surface area contributed by atoms with Crippen molar-refractivity contribution in [3.8, 4) is 5.75 Å². The minimum Gasteiger partial charge on any atom is -0.497 e. The number of hydrogen-bond acceptors (Lipinski definition) is 5. The van der Waals surface area contributed by atoms with E-state index >= 15 is 0 Å². The Labute approximate surface area is 204 Å². The number of piperidine rings is 1. The fourth-order valence-corrected chi connectivity index (χ4v) is 4.64. The van der Waals surface area contributed by atoms with Gasteiger partial charge in [-0.2, -0.15) is 0 Å². The molecule has 1 spiro atoms. The minimum atomic E-state index is -0.995. The summed E-state index contributed by atoms with van der Waals surface area (Å²) in [6.07, 6.45) is 1.50. The van der Waals surface area contributed by atoms with Crippen molar-refractivity contribution < 1.29 is 28.2 Å². The fraction of sp³-hybridized carbons (Fsp3) is 0.423. The molecule has 0 saturated carbocycles. The van der Waals surface area contributed by atoms with Gasteiger partial charge in [0.1, 0.15) is 23.3 Å². The van der Waals surface area contributed by atoms with Gasteiger partial charge in [-0.1, -0.05) is 6.92 Å². The van der Waals surface area contributed by atoms with Crippen molar-refractivity contribution in [1.29, 1.82) is 0 Å². The zero-order valence-electron chi connectivity index (χ0n) is 20.0. The van der Waals surface area contributed by atoms with Crippen LogP contribution in [-0.4, -0.2) is 72.6 Å². The van der Waals surface area contributed by atoms with Crippen molar-refractivity contribution in [2.24, 2.45) is 0 Å². The largest absolute Gasteiger partial charge is 0.497 e. The first kappa shape index (κ1) is 24.7. The highest BCUT2D eigenvalue weighted by molar-refractivity contribution is 5.98. The molecule has 186 valence electrons. The predicted molar refractivity (Wildman–Crippen MR) is 126 cm³/mol. The third-order valence-electron chi connectivity index (χ3n) is 6.59. The first-order valence-electron chi connectivity index (χ1n) is 11.8. The predicted octanol–water partition coefficient (Wildman–Crippen LogP) is 2.83. The molecular weight excluding hydrogens is 453 g/mol. The second kappa shape index (κ2) is 10.4. The van der Waals surface area contributed by atoms with Gasteiger partial charge >= 0.3 is 0 Å². The molecular formula is C26H30FN3O5. The van der Waals surface area contributed by atoms with Crippen LogP contribution in [0.4, 0.5) is 4.39 Å². The van der Waals surface area contributed by atoms with Crippen LogP contribution < -0.4 is 10.1 Å². The zero-order chi connectivity index (χ0) is 25.0. The molecule has 2 heterocycles. The monoisotopic (exact) mass is 483 g/mol. The Kier molecular flexibility index (Phi) is 7.35. The SMILES string of the molecule is CCCNC(=O)C1COC2(CCN(C(=O)c3ccc(F)cc3)CC2)N1C(=O)c1ccc(OC)cc1. The van der Waals surface area contributed by atoms with Crippen LogP contribution in [0.3, 0.4) is 0 Å². The third-order valence-corrected chi connectivity index (χ3v) is 6.59. The molecule has 9 heteroatoms. The van der Waals surface area contributed by atoms with Gasteiger partial charge in [0.05, 0.1) is 13.7 Å². The number of likely N-dealkylation sites (tertiary alicyclic amines) is 1. The van der Waals surface area contributed by atoms with Crippen LogP contribution in [0.25, 0.3) is 0 Å². The van der Waals surface area contributed by atoms with E-state index in [4.69, 9.17) is 9.47 Å². The molecule has 2 saturated heterocycles. The van der Waals surface area contributed by atoms with Crippen LogP contribution in [0.1, 0.15) is 46.9 Å². The highest BCUT2D eigenvalue weighted by Gasteiger charge is 2.54. The number of hydrogen-bond donors (Lipinski definition) is 1. The molecule has 8 nitrogen and oxygen atoms in total. The van der Waals surface area contributed by atoms with Crippen LogP contribution in [0.2, 0.25) is 0 Å². The molecule has 0 aromatic heterocycles. The van der Waals surface area contributed by atoms with Crippen LogP contribution >= 0.6 is 0 Å². The normalized spacial score (nSPS) is 19.0. The third kappa shape index (κ3) is 5.00. The molecule has 0 aliphatic carbocycles. The summed E-state index contributed by atoms with van der Waals surface area (Å²) in [6.45, 7) is 3.23. The number of methoxy groups -OCH3 is 1. The molecule has 2 fully saturated rings. The van der Waals surface area contributed by atoms with Crippen molar-refractivity contribution in [3.63, 3.8) is 0 Å². The minimum absolute atomic E-state index is 0.0867. The van der Waals surface area contributed by atoms with E-state index < -0.39 is 17.6 Å². The van der Waals surface area contributed by atoms with Crippen LogP contribution in [0.15, 0.2) is 48.5 Å². The van der Waals surface area contributed by atoms with Gasteiger partial charge in [0.15, 0.2) is 0 Å². The van der Waals surface area contributed by atoms with Crippen LogP contribution in [0.5, 0.6) is 5.75 Å². The molecule has 1 atom stereocenters.